The fourth-order valence-corrected chi connectivity index (χ4v) is 5.12. The second-order valence-corrected chi connectivity index (χ2v) is 8.74. The van der Waals surface area contributed by atoms with Gasteiger partial charge >= 0.3 is 6.61 Å². The minimum absolute atomic E-state index is 0.0205. The Bertz CT molecular complexity index is 1080. The van der Waals surface area contributed by atoms with Gasteiger partial charge in [-0.05, 0) is 37.1 Å². The SMILES string of the molecule is O=S(=O)(c1ccc(OC(F)F)cc1)c1c[nH]c2c(C3CCCCC3)ncnc12. The molecule has 28 heavy (non-hydrogen) atoms. The number of hydrogen-bond acceptors (Lipinski definition) is 5. The number of nitrogens with one attached hydrogen (secondary N) is 1. The summed E-state index contributed by atoms with van der Waals surface area (Å²) in [5, 5.41) is 0. The van der Waals surface area contributed by atoms with Crippen molar-refractivity contribution in [1.82, 2.24) is 15.0 Å². The maximum Gasteiger partial charge on any atom is 0.387 e. The highest BCUT2D eigenvalue weighted by molar-refractivity contribution is 7.91. The van der Waals surface area contributed by atoms with Crippen molar-refractivity contribution in [1.29, 1.82) is 0 Å². The van der Waals surface area contributed by atoms with Gasteiger partial charge in [0, 0.05) is 12.1 Å². The van der Waals surface area contributed by atoms with E-state index in [-0.39, 0.29) is 15.5 Å². The molecule has 2 heterocycles. The topological polar surface area (TPSA) is 84.9 Å². The van der Waals surface area contributed by atoms with E-state index >= 15 is 0 Å². The predicted molar refractivity (Wildman–Crippen MR) is 98.2 cm³/mol. The molecule has 1 aliphatic carbocycles. The molecule has 0 aliphatic heterocycles. The Morgan fingerprint density at radius 3 is 2.46 bits per heavy atom. The molecule has 1 saturated carbocycles. The van der Waals surface area contributed by atoms with Gasteiger partial charge in [0.25, 0.3) is 0 Å². The molecular weight excluding hydrogens is 388 g/mol. The molecule has 1 aromatic carbocycles. The van der Waals surface area contributed by atoms with Crippen LogP contribution in [0.4, 0.5) is 8.78 Å². The molecule has 1 fully saturated rings. The number of alkyl halides is 2. The molecule has 0 saturated heterocycles. The lowest BCUT2D eigenvalue weighted by molar-refractivity contribution is -0.0498. The molecule has 9 heteroatoms. The number of fused-ring (bicyclic) bond motifs is 1. The summed E-state index contributed by atoms with van der Waals surface area (Å²) in [6, 6.07) is 4.90. The highest BCUT2D eigenvalue weighted by atomic mass is 32.2. The Morgan fingerprint density at radius 2 is 1.79 bits per heavy atom. The fourth-order valence-electron chi connectivity index (χ4n) is 3.75. The van der Waals surface area contributed by atoms with E-state index in [0.717, 1.165) is 31.4 Å². The van der Waals surface area contributed by atoms with Crippen LogP contribution in [0.3, 0.4) is 0 Å². The molecule has 0 atom stereocenters. The average Bonchev–Trinajstić information content (AvgIpc) is 3.14. The van der Waals surface area contributed by atoms with Crippen LogP contribution in [0.1, 0.15) is 43.7 Å². The van der Waals surface area contributed by atoms with Crippen LogP contribution in [-0.4, -0.2) is 30.0 Å². The number of aromatic nitrogens is 3. The van der Waals surface area contributed by atoms with Crippen LogP contribution in [0.25, 0.3) is 11.0 Å². The first kappa shape index (κ1) is 18.8. The van der Waals surface area contributed by atoms with Crippen LogP contribution in [0, 0.1) is 0 Å². The number of aromatic amines is 1. The molecule has 0 spiro atoms. The standard InChI is InChI=1S/C19H19F2N3O3S/c20-19(21)27-13-6-8-14(9-7-13)28(25,26)15-10-22-18-16(23-11-24-17(15)18)12-4-2-1-3-5-12/h6-12,19,22H,1-5H2. The van der Waals surface area contributed by atoms with Crippen molar-refractivity contribution in [3.8, 4) is 5.75 Å². The number of halogens is 2. The zero-order chi connectivity index (χ0) is 19.7. The number of ether oxygens (including phenoxy) is 1. The Labute approximate surface area is 160 Å². The van der Waals surface area contributed by atoms with Crippen LogP contribution in [0.5, 0.6) is 5.75 Å². The van der Waals surface area contributed by atoms with Gasteiger partial charge in [0.1, 0.15) is 22.5 Å². The van der Waals surface area contributed by atoms with Crippen molar-refractivity contribution in [3.05, 3.63) is 42.5 Å². The summed E-state index contributed by atoms with van der Waals surface area (Å²) in [6.45, 7) is -2.97. The highest BCUT2D eigenvalue weighted by Crippen LogP contribution is 2.36. The molecule has 2 aromatic heterocycles. The lowest BCUT2D eigenvalue weighted by atomic mass is 9.86. The van der Waals surface area contributed by atoms with Gasteiger partial charge in [0.05, 0.1) is 16.1 Å². The summed E-state index contributed by atoms with van der Waals surface area (Å²) in [4.78, 5) is 11.7. The maximum absolute atomic E-state index is 13.1. The third-order valence-corrected chi connectivity index (χ3v) is 6.88. The Morgan fingerprint density at radius 1 is 1.07 bits per heavy atom. The number of sulfone groups is 1. The molecule has 6 nitrogen and oxygen atoms in total. The lowest BCUT2D eigenvalue weighted by Crippen LogP contribution is -2.08. The summed E-state index contributed by atoms with van der Waals surface area (Å²) >= 11 is 0. The number of hydrogen-bond donors (Lipinski definition) is 1. The van der Waals surface area contributed by atoms with E-state index in [4.69, 9.17) is 0 Å². The third-order valence-electron chi connectivity index (χ3n) is 5.10. The number of benzene rings is 1. The van der Waals surface area contributed by atoms with Gasteiger partial charge in [-0.3, -0.25) is 0 Å². The molecule has 148 valence electrons. The number of nitrogens with zero attached hydrogens (tertiary/aromatic N) is 2. The summed E-state index contributed by atoms with van der Waals surface area (Å²) in [7, 11) is -3.88. The summed E-state index contributed by atoms with van der Waals surface area (Å²) in [6.07, 6.45) is 8.35. The maximum atomic E-state index is 13.1. The zero-order valence-electron chi connectivity index (χ0n) is 14.9. The number of H-pyrrole nitrogens is 1. The first-order valence-electron chi connectivity index (χ1n) is 9.09. The van der Waals surface area contributed by atoms with E-state index in [1.807, 2.05) is 0 Å². The zero-order valence-corrected chi connectivity index (χ0v) is 15.8. The van der Waals surface area contributed by atoms with Crippen molar-refractivity contribution in [2.24, 2.45) is 0 Å². The quantitative estimate of drug-likeness (QED) is 0.676. The van der Waals surface area contributed by atoms with E-state index in [2.05, 4.69) is 19.7 Å². The molecule has 0 amide bonds. The first-order chi connectivity index (χ1) is 13.5. The highest BCUT2D eigenvalue weighted by Gasteiger charge is 2.26. The molecule has 0 radical (unpaired) electrons. The van der Waals surface area contributed by atoms with Crippen molar-refractivity contribution >= 4 is 20.9 Å². The average molecular weight is 407 g/mol. The van der Waals surface area contributed by atoms with Gasteiger partial charge in [0.15, 0.2) is 0 Å². The lowest BCUT2D eigenvalue weighted by Gasteiger charge is -2.21. The minimum atomic E-state index is -3.88. The molecule has 3 aromatic rings. The molecule has 4 rings (SSSR count). The van der Waals surface area contributed by atoms with E-state index < -0.39 is 16.4 Å². The smallest absolute Gasteiger partial charge is 0.387 e. The summed E-state index contributed by atoms with van der Waals surface area (Å²) in [5.74, 6) is 0.189. The third kappa shape index (κ3) is 3.46. The van der Waals surface area contributed by atoms with Crippen LogP contribution < -0.4 is 4.74 Å². The predicted octanol–water partition coefficient (Wildman–Crippen LogP) is 4.44. The minimum Gasteiger partial charge on any atom is -0.435 e. The summed E-state index contributed by atoms with van der Waals surface area (Å²) < 4.78 is 55.0. The second-order valence-electron chi connectivity index (χ2n) is 6.82. The van der Waals surface area contributed by atoms with E-state index in [9.17, 15) is 17.2 Å². The Kier molecular flexibility index (Phi) is 5.01. The van der Waals surface area contributed by atoms with E-state index in [0.29, 0.717) is 17.0 Å². The summed E-state index contributed by atoms with van der Waals surface area (Å²) in [5.41, 5.74) is 1.85. The van der Waals surface area contributed by atoms with Crippen LogP contribution in [0.15, 0.2) is 46.6 Å². The Balaban J connectivity index is 1.72. The van der Waals surface area contributed by atoms with Crippen molar-refractivity contribution < 1.29 is 21.9 Å². The largest absolute Gasteiger partial charge is 0.435 e. The van der Waals surface area contributed by atoms with Crippen molar-refractivity contribution in [3.63, 3.8) is 0 Å². The fraction of sp³-hybridized carbons (Fsp3) is 0.368. The van der Waals surface area contributed by atoms with E-state index in [1.54, 1.807) is 0 Å². The molecule has 1 aliphatic rings. The van der Waals surface area contributed by atoms with Crippen molar-refractivity contribution in [2.75, 3.05) is 0 Å². The molecule has 0 unspecified atom stereocenters. The van der Waals surface area contributed by atoms with Gasteiger partial charge < -0.3 is 9.72 Å². The van der Waals surface area contributed by atoms with Crippen LogP contribution in [-0.2, 0) is 9.84 Å². The van der Waals surface area contributed by atoms with Crippen molar-refractivity contribution in [2.45, 2.75) is 54.4 Å². The normalized spacial score (nSPS) is 16.0. The van der Waals surface area contributed by atoms with Gasteiger partial charge in [-0.1, -0.05) is 19.3 Å². The van der Waals surface area contributed by atoms with Gasteiger partial charge in [-0.15, -0.1) is 0 Å². The monoisotopic (exact) mass is 407 g/mol. The number of rotatable bonds is 5. The molecular formula is C19H19F2N3O3S. The Hall–Kier alpha value is -2.55. The molecule has 0 bridgehead atoms. The first-order valence-corrected chi connectivity index (χ1v) is 10.6. The van der Waals surface area contributed by atoms with Gasteiger partial charge in [-0.2, -0.15) is 8.78 Å². The van der Waals surface area contributed by atoms with E-state index in [1.165, 1.54) is 43.2 Å². The molecule has 1 N–H and O–H groups in total. The van der Waals surface area contributed by atoms with Crippen LogP contribution >= 0.6 is 0 Å². The van der Waals surface area contributed by atoms with Crippen LogP contribution in [0.2, 0.25) is 0 Å². The second kappa shape index (κ2) is 7.46. The van der Waals surface area contributed by atoms with Gasteiger partial charge in [0.2, 0.25) is 9.84 Å². The van der Waals surface area contributed by atoms with Gasteiger partial charge in [-0.25, -0.2) is 18.4 Å².